The molecule has 1 aromatic rings. The predicted molar refractivity (Wildman–Crippen MR) is 53.9 cm³/mol. The number of rotatable bonds is 4. The smallest absolute Gasteiger partial charge is 0.160 e. The van der Waals surface area contributed by atoms with Gasteiger partial charge in [0.2, 0.25) is 5.66 Å². The van der Waals surface area contributed by atoms with Crippen LogP contribution in [0.4, 0.5) is 0 Å². The number of hydrogen-bond acceptors (Lipinski definition) is 1. The Bertz CT molecular complexity index is 272. The first kappa shape index (κ1) is 10.4. The predicted octanol–water partition coefficient (Wildman–Crippen LogP) is 3.26. The van der Waals surface area contributed by atoms with E-state index in [-0.39, 0.29) is 5.66 Å². The van der Waals surface area contributed by atoms with Crippen LogP contribution in [-0.2, 0) is 4.57 Å². The summed E-state index contributed by atoms with van der Waals surface area (Å²) in [5, 5.41) is 0. The van der Waals surface area contributed by atoms with Crippen molar-refractivity contribution in [3.8, 4) is 0 Å². The second kappa shape index (κ2) is 5.11. The van der Waals surface area contributed by atoms with Crippen molar-refractivity contribution in [2.45, 2.75) is 25.4 Å². The maximum atomic E-state index is 11.0. The van der Waals surface area contributed by atoms with Gasteiger partial charge in [0.05, 0.1) is 0 Å². The molecule has 2 unspecified atom stereocenters. The van der Waals surface area contributed by atoms with Crippen LogP contribution in [0.25, 0.3) is 0 Å². The fourth-order valence-corrected chi connectivity index (χ4v) is 2.26. The van der Waals surface area contributed by atoms with Crippen LogP contribution in [0.2, 0.25) is 0 Å². The minimum atomic E-state index is -2.10. The molecule has 0 spiro atoms. The summed E-state index contributed by atoms with van der Waals surface area (Å²) in [5.74, 6) is 0. The van der Waals surface area contributed by atoms with Crippen LogP contribution in [0, 0.1) is 0 Å². The van der Waals surface area contributed by atoms with Crippen LogP contribution >= 0.6 is 8.03 Å². The van der Waals surface area contributed by atoms with E-state index in [1.165, 1.54) is 0 Å². The van der Waals surface area contributed by atoms with E-state index in [2.05, 4.69) is 0 Å². The van der Waals surface area contributed by atoms with Crippen molar-refractivity contribution in [3.63, 3.8) is 0 Å². The molecular weight excluding hydrogens is 183 g/mol. The highest BCUT2D eigenvalue weighted by molar-refractivity contribution is 7.38. The molecule has 0 aliphatic carbocycles. The van der Waals surface area contributed by atoms with Gasteiger partial charge in [-0.15, -0.1) is 0 Å². The second-order valence-electron chi connectivity index (χ2n) is 3.02. The lowest BCUT2D eigenvalue weighted by molar-refractivity contribution is 0.485. The zero-order valence-electron chi connectivity index (χ0n) is 7.68. The summed E-state index contributed by atoms with van der Waals surface area (Å²) in [4.78, 5) is 9.11. The third-order valence-corrected chi connectivity index (χ3v) is 3.10. The van der Waals surface area contributed by atoms with Gasteiger partial charge in [-0.05, 0) is 4.57 Å². The van der Waals surface area contributed by atoms with Gasteiger partial charge in [-0.1, -0.05) is 43.7 Å². The summed E-state index contributed by atoms with van der Waals surface area (Å²) in [6, 6.07) is 9.53. The van der Waals surface area contributed by atoms with E-state index in [1.54, 1.807) is 0 Å². The van der Waals surface area contributed by atoms with E-state index >= 15 is 0 Å². The van der Waals surface area contributed by atoms with Gasteiger partial charge in [-0.3, -0.25) is 0 Å². The average molecular weight is 197 g/mol. The quantitative estimate of drug-likeness (QED) is 0.752. The van der Waals surface area contributed by atoms with Crippen LogP contribution < -0.4 is 0 Å². The monoisotopic (exact) mass is 197 g/mol. The van der Waals surface area contributed by atoms with Gasteiger partial charge in [0.25, 0.3) is 0 Å². The molecule has 0 amide bonds. The molecule has 13 heavy (non-hydrogen) atoms. The van der Waals surface area contributed by atoms with Crippen LogP contribution in [0.5, 0.6) is 0 Å². The molecule has 2 atom stereocenters. The SMILES string of the molecule is CCCC(c1ccccc1)[P+](=O)O. The molecule has 0 saturated heterocycles. The summed E-state index contributed by atoms with van der Waals surface area (Å²) in [5.41, 5.74) is 0.772. The van der Waals surface area contributed by atoms with E-state index in [0.29, 0.717) is 0 Å². The molecular formula is C10H14O2P+. The molecule has 0 fully saturated rings. The molecule has 0 heterocycles. The highest BCUT2D eigenvalue weighted by Crippen LogP contribution is 2.40. The first-order valence-electron chi connectivity index (χ1n) is 4.46. The average Bonchev–Trinajstić information content (AvgIpc) is 2.15. The van der Waals surface area contributed by atoms with Gasteiger partial charge in [0, 0.05) is 12.0 Å². The Morgan fingerprint density at radius 1 is 1.38 bits per heavy atom. The van der Waals surface area contributed by atoms with Crippen LogP contribution in [0.3, 0.4) is 0 Å². The third-order valence-electron chi connectivity index (χ3n) is 2.01. The first-order valence-corrected chi connectivity index (χ1v) is 5.74. The largest absolute Gasteiger partial charge is 0.513 e. The fraction of sp³-hybridized carbons (Fsp3) is 0.400. The Hall–Kier alpha value is -0.720. The van der Waals surface area contributed by atoms with Crippen LogP contribution in [-0.4, -0.2) is 4.89 Å². The Labute approximate surface area is 79.5 Å². The topological polar surface area (TPSA) is 37.3 Å². The third kappa shape index (κ3) is 2.91. The lowest BCUT2D eigenvalue weighted by atomic mass is 10.1. The van der Waals surface area contributed by atoms with E-state index in [4.69, 9.17) is 4.89 Å². The van der Waals surface area contributed by atoms with Crippen LogP contribution in [0.1, 0.15) is 31.0 Å². The maximum Gasteiger partial charge on any atom is 0.513 e. The van der Waals surface area contributed by atoms with Crippen molar-refractivity contribution >= 4 is 8.03 Å². The summed E-state index contributed by atoms with van der Waals surface area (Å²) < 4.78 is 11.0. The van der Waals surface area contributed by atoms with E-state index in [9.17, 15) is 4.57 Å². The van der Waals surface area contributed by atoms with Gasteiger partial charge in [-0.25, -0.2) is 0 Å². The summed E-state index contributed by atoms with van der Waals surface area (Å²) in [6.45, 7) is 2.02. The standard InChI is InChI=1S/C10H13O2P/c1-2-6-10(13(11)12)9-7-4-3-5-8-9/h3-5,7-8,10H,2,6H2,1H3/p+1. The molecule has 0 bridgehead atoms. The Morgan fingerprint density at radius 3 is 2.46 bits per heavy atom. The molecule has 0 aromatic heterocycles. The molecule has 0 radical (unpaired) electrons. The minimum absolute atomic E-state index is 0.193. The highest BCUT2D eigenvalue weighted by atomic mass is 31.1. The van der Waals surface area contributed by atoms with Crippen molar-refractivity contribution in [3.05, 3.63) is 35.9 Å². The van der Waals surface area contributed by atoms with Crippen molar-refractivity contribution in [1.82, 2.24) is 0 Å². The zero-order chi connectivity index (χ0) is 9.68. The highest BCUT2D eigenvalue weighted by Gasteiger charge is 2.29. The summed E-state index contributed by atoms with van der Waals surface area (Å²) in [7, 11) is -2.10. The van der Waals surface area contributed by atoms with E-state index in [0.717, 1.165) is 18.4 Å². The van der Waals surface area contributed by atoms with Crippen LogP contribution in [0.15, 0.2) is 30.3 Å². The van der Waals surface area contributed by atoms with Crippen molar-refractivity contribution in [2.24, 2.45) is 0 Å². The normalized spacial score (nSPS) is 13.8. The Kier molecular flexibility index (Phi) is 4.07. The summed E-state index contributed by atoms with van der Waals surface area (Å²) in [6.07, 6.45) is 1.71. The first-order chi connectivity index (χ1) is 6.25. The number of benzene rings is 1. The molecule has 1 aromatic carbocycles. The molecule has 2 nitrogen and oxygen atoms in total. The van der Waals surface area contributed by atoms with Crippen molar-refractivity contribution in [1.29, 1.82) is 0 Å². The van der Waals surface area contributed by atoms with E-state index < -0.39 is 8.03 Å². The lowest BCUT2D eigenvalue weighted by Gasteiger charge is -2.02. The van der Waals surface area contributed by atoms with Crippen molar-refractivity contribution in [2.75, 3.05) is 0 Å². The molecule has 1 rings (SSSR count). The van der Waals surface area contributed by atoms with Gasteiger partial charge in [-0.2, -0.15) is 4.89 Å². The van der Waals surface area contributed by atoms with E-state index in [1.807, 2.05) is 37.3 Å². The summed E-state index contributed by atoms with van der Waals surface area (Å²) >= 11 is 0. The zero-order valence-corrected chi connectivity index (χ0v) is 8.58. The van der Waals surface area contributed by atoms with Gasteiger partial charge in [0.15, 0.2) is 0 Å². The number of hydrogen-bond donors (Lipinski definition) is 1. The second-order valence-corrected chi connectivity index (χ2v) is 4.25. The molecule has 0 aliphatic rings. The molecule has 1 N–H and O–H groups in total. The fourth-order valence-electron chi connectivity index (χ4n) is 1.35. The molecule has 3 heteroatoms. The lowest BCUT2D eigenvalue weighted by Crippen LogP contribution is -1.92. The van der Waals surface area contributed by atoms with Gasteiger partial charge >= 0.3 is 8.03 Å². The minimum Gasteiger partial charge on any atom is -0.160 e. The molecule has 0 aliphatic heterocycles. The van der Waals surface area contributed by atoms with Gasteiger partial charge in [0.1, 0.15) is 0 Å². The van der Waals surface area contributed by atoms with Crippen molar-refractivity contribution < 1.29 is 9.46 Å². The molecule has 0 saturated carbocycles. The molecule has 70 valence electrons. The Balaban J connectivity index is 2.82. The van der Waals surface area contributed by atoms with Gasteiger partial charge < -0.3 is 0 Å². The maximum absolute atomic E-state index is 11.0. The Morgan fingerprint density at radius 2 is 2.00 bits per heavy atom.